The number of fused-ring (bicyclic) bond motifs is 1. The van der Waals surface area contributed by atoms with Gasteiger partial charge in [0.05, 0.1) is 25.1 Å². The number of nitrogens with zero attached hydrogens (tertiary/aromatic N) is 3. The van der Waals surface area contributed by atoms with Crippen LogP contribution in [-0.2, 0) is 14.3 Å². The lowest BCUT2D eigenvalue weighted by Gasteiger charge is -2.36. The zero-order valence-electron chi connectivity index (χ0n) is 17.0. The van der Waals surface area contributed by atoms with Crippen molar-refractivity contribution in [3.63, 3.8) is 0 Å². The predicted molar refractivity (Wildman–Crippen MR) is 107 cm³/mol. The number of pyridine rings is 1. The molecule has 3 atom stereocenters. The molecule has 1 N–H and O–H groups in total. The number of anilines is 2. The summed E-state index contributed by atoms with van der Waals surface area (Å²) < 4.78 is 5.39. The van der Waals surface area contributed by atoms with Gasteiger partial charge in [0.1, 0.15) is 5.82 Å². The molecule has 2 saturated heterocycles. The number of morpholine rings is 1. The van der Waals surface area contributed by atoms with E-state index in [9.17, 15) is 9.59 Å². The smallest absolute Gasteiger partial charge is 0.229 e. The van der Waals surface area contributed by atoms with Gasteiger partial charge in [-0.15, -0.1) is 0 Å². The van der Waals surface area contributed by atoms with Crippen LogP contribution in [0.2, 0.25) is 0 Å². The van der Waals surface area contributed by atoms with E-state index in [1.165, 1.54) is 0 Å². The molecule has 0 bridgehead atoms. The number of carbonyl (C=O) groups excluding carboxylic acids is 2. The first kappa shape index (κ1) is 19.2. The molecule has 3 fully saturated rings. The molecule has 3 unspecified atom stereocenters. The van der Waals surface area contributed by atoms with Gasteiger partial charge >= 0.3 is 0 Å². The van der Waals surface area contributed by atoms with Crippen molar-refractivity contribution in [2.45, 2.75) is 39.2 Å². The summed E-state index contributed by atoms with van der Waals surface area (Å²) in [4.78, 5) is 33.8. The fourth-order valence-corrected chi connectivity index (χ4v) is 4.85. The second-order valence-corrected chi connectivity index (χ2v) is 8.79. The molecule has 3 aliphatic rings. The number of nitrogens with one attached hydrogen (secondary N) is 1. The molecule has 2 amide bonds. The third-order valence-corrected chi connectivity index (χ3v) is 6.81. The summed E-state index contributed by atoms with van der Waals surface area (Å²) in [6, 6.07) is 4.15. The second-order valence-electron chi connectivity index (χ2n) is 8.79. The Bertz CT molecular complexity index is 743. The summed E-state index contributed by atoms with van der Waals surface area (Å²) in [5, 5.41) is 3.12. The minimum atomic E-state index is -0.399. The normalized spacial score (nSPS) is 29.2. The second kappa shape index (κ2) is 7.35. The summed E-state index contributed by atoms with van der Waals surface area (Å²) in [7, 11) is 1.82. The molecule has 0 aromatic carbocycles. The van der Waals surface area contributed by atoms with Crippen molar-refractivity contribution < 1.29 is 14.3 Å². The van der Waals surface area contributed by atoms with Crippen LogP contribution in [0.25, 0.3) is 0 Å². The van der Waals surface area contributed by atoms with Gasteiger partial charge in [0, 0.05) is 37.5 Å². The van der Waals surface area contributed by atoms with Gasteiger partial charge in [-0.3, -0.25) is 9.59 Å². The number of amides is 2. The standard InChI is InChI=1S/C21H30N4O3/c1-21(2)16-12-14(4-6-17(16)23-20(21)27)19(26)24(3)15-5-7-18(22-13-15)25-8-10-28-11-9-25/h5,7,13-14,16-17H,4,6,8-12H2,1-3H3,(H,23,27). The molecule has 2 aliphatic heterocycles. The molecule has 1 saturated carbocycles. The Kier molecular flexibility index (Phi) is 5.04. The highest BCUT2D eigenvalue weighted by molar-refractivity contribution is 5.95. The number of carbonyl (C=O) groups is 2. The molecule has 7 heteroatoms. The van der Waals surface area contributed by atoms with E-state index in [2.05, 4.69) is 15.2 Å². The maximum absolute atomic E-state index is 13.1. The van der Waals surface area contributed by atoms with Crippen LogP contribution in [0.4, 0.5) is 11.5 Å². The quantitative estimate of drug-likeness (QED) is 0.858. The Morgan fingerprint density at radius 2 is 2.04 bits per heavy atom. The summed E-state index contributed by atoms with van der Waals surface area (Å²) in [6.07, 6.45) is 4.23. The third-order valence-electron chi connectivity index (χ3n) is 6.81. The highest BCUT2D eigenvalue weighted by Crippen LogP contribution is 2.45. The van der Waals surface area contributed by atoms with E-state index in [-0.39, 0.29) is 29.7 Å². The average Bonchev–Trinajstić information content (AvgIpc) is 2.96. The van der Waals surface area contributed by atoms with Crippen LogP contribution >= 0.6 is 0 Å². The summed E-state index contributed by atoms with van der Waals surface area (Å²) in [6.45, 7) is 7.12. The molecule has 152 valence electrons. The van der Waals surface area contributed by atoms with Gasteiger partial charge in [-0.25, -0.2) is 4.98 Å². The van der Waals surface area contributed by atoms with Gasteiger partial charge in [-0.2, -0.15) is 0 Å². The van der Waals surface area contributed by atoms with Gasteiger partial charge in [0.2, 0.25) is 11.8 Å². The maximum Gasteiger partial charge on any atom is 0.229 e. The molecule has 0 spiro atoms. The third kappa shape index (κ3) is 3.36. The number of ether oxygens (including phenoxy) is 1. The lowest BCUT2D eigenvalue weighted by Crippen LogP contribution is -2.42. The van der Waals surface area contributed by atoms with Crippen LogP contribution in [0.1, 0.15) is 33.1 Å². The SMILES string of the molecule is CN(C(=O)C1CCC2NC(=O)C(C)(C)C2C1)c1ccc(N2CCOCC2)nc1. The van der Waals surface area contributed by atoms with Crippen molar-refractivity contribution in [3.8, 4) is 0 Å². The minimum Gasteiger partial charge on any atom is -0.378 e. The van der Waals surface area contributed by atoms with E-state index in [1.54, 1.807) is 11.1 Å². The van der Waals surface area contributed by atoms with Crippen molar-refractivity contribution in [1.82, 2.24) is 10.3 Å². The van der Waals surface area contributed by atoms with Crippen molar-refractivity contribution in [2.24, 2.45) is 17.3 Å². The molecule has 3 heterocycles. The van der Waals surface area contributed by atoms with Crippen molar-refractivity contribution >= 4 is 23.3 Å². The van der Waals surface area contributed by atoms with Crippen molar-refractivity contribution in [1.29, 1.82) is 0 Å². The molecule has 1 aliphatic carbocycles. The first-order chi connectivity index (χ1) is 13.4. The van der Waals surface area contributed by atoms with Gasteiger partial charge in [0.25, 0.3) is 0 Å². The van der Waals surface area contributed by atoms with Gasteiger partial charge < -0.3 is 19.9 Å². The Morgan fingerprint density at radius 3 is 2.71 bits per heavy atom. The zero-order valence-corrected chi connectivity index (χ0v) is 17.0. The van der Waals surface area contributed by atoms with Crippen molar-refractivity contribution in [2.75, 3.05) is 43.2 Å². The number of hydrogen-bond acceptors (Lipinski definition) is 5. The summed E-state index contributed by atoms with van der Waals surface area (Å²) in [5.74, 6) is 1.34. The van der Waals surface area contributed by atoms with E-state index in [4.69, 9.17) is 4.74 Å². The Morgan fingerprint density at radius 1 is 1.29 bits per heavy atom. The minimum absolute atomic E-state index is 0.0443. The fourth-order valence-electron chi connectivity index (χ4n) is 4.85. The predicted octanol–water partition coefficient (Wildman–Crippen LogP) is 1.82. The summed E-state index contributed by atoms with van der Waals surface area (Å²) in [5.41, 5.74) is 0.410. The van der Waals surface area contributed by atoms with Gasteiger partial charge in [0.15, 0.2) is 0 Å². The molecule has 0 radical (unpaired) electrons. The number of hydrogen-bond donors (Lipinski definition) is 1. The molecule has 4 rings (SSSR count). The van der Waals surface area contributed by atoms with Gasteiger partial charge in [-0.1, -0.05) is 13.8 Å². The Hall–Kier alpha value is -2.15. The molecule has 28 heavy (non-hydrogen) atoms. The molecular weight excluding hydrogens is 356 g/mol. The van der Waals surface area contributed by atoms with Crippen LogP contribution in [0.3, 0.4) is 0 Å². The highest BCUT2D eigenvalue weighted by atomic mass is 16.5. The zero-order chi connectivity index (χ0) is 19.9. The molecule has 1 aromatic rings. The van der Waals surface area contributed by atoms with E-state index in [1.807, 2.05) is 33.0 Å². The molecular formula is C21H30N4O3. The van der Waals surface area contributed by atoms with E-state index >= 15 is 0 Å². The molecule has 7 nitrogen and oxygen atoms in total. The van der Waals surface area contributed by atoms with Gasteiger partial charge in [-0.05, 0) is 37.3 Å². The maximum atomic E-state index is 13.1. The lowest BCUT2D eigenvalue weighted by atomic mass is 9.68. The first-order valence-electron chi connectivity index (χ1n) is 10.2. The summed E-state index contributed by atoms with van der Waals surface area (Å²) >= 11 is 0. The topological polar surface area (TPSA) is 74.8 Å². The highest BCUT2D eigenvalue weighted by Gasteiger charge is 2.51. The average molecular weight is 386 g/mol. The van der Waals surface area contributed by atoms with E-state index in [0.717, 1.165) is 57.1 Å². The Labute approximate surface area is 166 Å². The van der Waals surface area contributed by atoms with Crippen LogP contribution in [0.15, 0.2) is 18.3 Å². The first-order valence-corrected chi connectivity index (χ1v) is 10.2. The van der Waals surface area contributed by atoms with Crippen molar-refractivity contribution in [3.05, 3.63) is 18.3 Å². The number of aromatic nitrogens is 1. The fraction of sp³-hybridized carbons (Fsp3) is 0.667. The Balaban J connectivity index is 1.42. The van der Waals surface area contributed by atoms with Crippen LogP contribution in [0.5, 0.6) is 0 Å². The van der Waals surface area contributed by atoms with Crippen LogP contribution in [-0.4, -0.2) is 56.2 Å². The largest absolute Gasteiger partial charge is 0.378 e. The lowest BCUT2D eigenvalue weighted by molar-refractivity contribution is -0.128. The molecule has 1 aromatic heterocycles. The number of rotatable bonds is 3. The van der Waals surface area contributed by atoms with Crippen LogP contribution in [0, 0.1) is 17.3 Å². The van der Waals surface area contributed by atoms with E-state index < -0.39 is 5.41 Å². The van der Waals surface area contributed by atoms with Crippen LogP contribution < -0.4 is 15.1 Å². The monoisotopic (exact) mass is 386 g/mol. The van der Waals surface area contributed by atoms with E-state index in [0.29, 0.717) is 0 Å².